The number of likely N-dealkylation sites (tertiary alicyclic amines) is 1. The van der Waals surface area contributed by atoms with Crippen LogP contribution in [0.2, 0.25) is 30.1 Å². The lowest BCUT2D eigenvalue weighted by molar-refractivity contribution is 0.0663. The van der Waals surface area contributed by atoms with Gasteiger partial charge in [0, 0.05) is 103 Å². The van der Waals surface area contributed by atoms with Gasteiger partial charge in [0.15, 0.2) is 0 Å². The number of rotatable bonds is 18. The Morgan fingerprint density at radius 2 is 0.741 bits per heavy atom. The van der Waals surface area contributed by atoms with Gasteiger partial charge in [-0.3, -0.25) is 43.7 Å². The second-order valence-electron chi connectivity index (χ2n) is 25.7. The summed E-state index contributed by atoms with van der Waals surface area (Å²) in [5.41, 5.74) is 11.9. The van der Waals surface area contributed by atoms with Crippen LogP contribution < -0.4 is 26.6 Å². The summed E-state index contributed by atoms with van der Waals surface area (Å²) in [4.78, 5) is 112. The van der Waals surface area contributed by atoms with E-state index in [0.717, 1.165) is 65.8 Å². The second-order valence-corrected chi connectivity index (χ2v) is 28.2. The number of aromatic nitrogens is 6. The molecule has 12 aromatic rings. The minimum atomic E-state index is -0.410. The van der Waals surface area contributed by atoms with Crippen LogP contribution in [0.5, 0.6) is 0 Å². The largest absolute Gasteiger partial charge is 0.351 e. The molecule has 0 spiro atoms. The average Bonchev–Trinajstić information content (AvgIpc) is 0.868. The van der Waals surface area contributed by atoms with Crippen LogP contribution in [-0.4, -0.2) is 172 Å². The normalized spacial score (nSPS) is 12.9. The van der Waals surface area contributed by atoms with Gasteiger partial charge in [-0.25, -0.2) is 15.0 Å². The van der Waals surface area contributed by atoms with Gasteiger partial charge in [0.1, 0.15) is 0 Å². The molecular formula is C81H71Cl6N15O6. The van der Waals surface area contributed by atoms with E-state index in [-0.39, 0.29) is 49.5 Å². The predicted molar refractivity (Wildman–Crippen MR) is 430 cm³/mol. The van der Waals surface area contributed by atoms with E-state index in [1.54, 1.807) is 114 Å². The maximum absolute atomic E-state index is 13.0. The monoisotopic (exact) mass is 1560 g/mol. The Hall–Kier alpha value is -10.6. The van der Waals surface area contributed by atoms with Gasteiger partial charge >= 0.3 is 0 Å². The van der Waals surface area contributed by atoms with Gasteiger partial charge in [0.05, 0.1) is 116 Å². The molecule has 548 valence electrons. The quantitative estimate of drug-likeness (QED) is 0.0535. The van der Waals surface area contributed by atoms with Gasteiger partial charge in [0.25, 0.3) is 35.4 Å². The molecule has 108 heavy (non-hydrogen) atoms. The number of hydrogen-bond acceptors (Lipinski definition) is 15. The van der Waals surface area contributed by atoms with Crippen LogP contribution in [0.4, 0.5) is 17.1 Å². The first-order chi connectivity index (χ1) is 52.2. The fourth-order valence-corrected chi connectivity index (χ4v) is 13.3. The van der Waals surface area contributed by atoms with Crippen molar-refractivity contribution in [1.82, 2.24) is 60.1 Å². The molecule has 2 saturated heterocycles. The number of nitrogens with one attached hydrogen (secondary N) is 5. The number of amides is 6. The number of para-hydroxylation sites is 6. The van der Waals surface area contributed by atoms with Crippen molar-refractivity contribution in [2.45, 2.75) is 12.8 Å². The topological polar surface area (TPSA) is 253 Å². The lowest BCUT2D eigenvalue weighted by Crippen LogP contribution is -2.47. The molecule has 2 fully saturated rings. The van der Waals surface area contributed by atoms with Crippen LogP contribution in [0, 0.1) is 0 Å². The third-order valence-corrected chi connectivity index (χ3v) is 19.7. The molecule has 6 amide bonds. The second kappa shape index (κ2) is 35.9. The van der Waals surface area contributed by atoms with E-state index in [1.807, 2.05) is 98.8 Å². The summed E-state index contributed by atoms with van der Waals surface area (Å²) in [6.45, 7) is 7.76. The molecule has 0 bridgehead atoms. The van der Waals surface area contributed by atoms with Crippen molar-refractivity contribution in [3.63, 3.8) is 0 Å². The number of nitrogens with zero attached hydrogens (tertiary/aromatic N) is 10. The first-order valence-electron chi connectivity index (χ1n) is 34.5. The molecule has 2 aliphatic heterocycles. The molecule has 0 aliphatic carbocycles. The smallest absolute Gasteiger partial charge is 0.257 e. The van der Waals surface area contributed by atoms with Crippen molar-refractivity contribution in [1.29, 1.82) is 0 Å². The number of anilines is 3. The molecular weight excluding hydrogens is 1490 g/mol. The standard InChI is InChI=1S/C28H25Cl2N5O2.C27H23Cl2N5O2.C26H23Cl2N5O2/c29-22-10-8-19(16-21(22)26-17-32-24-5-1-2-6-25(24)34-26)33-28(37)20-9-7-18(15-23(20)30)27(36)31-11-14-35-12-3-4-13-35;1-33-10-12-34(13-11-33)27(36)17-6-8-19(22(29)14-17)26(35)31-18-7-9-21(28)20(15-18)25-16-30-23-4-2-3-5-24(23)32-25;1-33(2)12-11-29-25(34)16-7-9-18(21(28)13-16)26(35)31-17-8-10-20(27)19(14-17)24-15-30-22-5-3-4-6-23(22)32-24/h1-2,5-10,15-17H,3-4,11-14H2,(H,31,36)(H,33,37);2-9,14-16H,10-13H2,1H3,(H,31,35);3-10,13-15H,11-12H2,1-2H3,(H,29,34)(H,31,35). The number of fused-ring (bicyclic) bond motifs is 3. The highest BCUT2D eigenvalue weighted by molar-refractivity contribution is 6.37. The highest BCUT2D eigenvalue weighted by Gasteiger charge is 2.24. The van der Waals surface area contributed by atoms with Crippen LogP contribution >= 0.6 is 69.6 Å². The molecule has 9 aromatic carbocycles. The molecule has 27 heteroatoms. The average molecular weight is 1560 g/mol. The predicted octanol–water partition coefficient (Wildman–Crippen LogP) is 16.1. The molecule has 0 unspecified atom stereocenters. The number of likely N-dealkylation sites (N-methyl/N-ethyl adjacent to an activating group) is 2. The van der Waals surface area contributed by atoms with Crippen LogP contribution in [0.25, 0.3) is 66.9 Å². The molecule has 0 atom stereocenters. The maximum atomic E-state index is 13.0. The van der Waals surface area contributed by atoms with Crippen LogP contribution in [0.15, 0.2) is 201 Å². The van der Waals surface area contributed by atoms with Crippen LogP contribution in [0.3, 0.4) is 0 Å². The number of benzene rings is 9. The van der Waals surface area contributed by atoms with Gasteiger partial charge in [-0.1, -0.05) is 106 Å². The van der Waals surface area contributed by atoms with Gasteiger partial charge < -0.3 is 46.2 Å². The zero-order valence-electron chi connectivity index (χ0n) is 58.7. The lowest BCUT2D eigenvalue weighted by atomic mass is 10.1. The SMILES string of the molecule is CN(C)CCNC(=O)c1ccc(C(=O)Nc2ccc(Cl)c(-c3cnc4ccccc4n3)c2)c(Cl)c1.CN1CCN(C(=O)c2ccc(C(=O)Nc3ccc(Cl)c(-c4cnc5ccccc5n4)c3)c(Cl)c2)CC1.O=C(NCCN1CCCC1)c1ccc(C(=O)Nc2ccc(Cl)c(-c3cnc4ccccc4n3)c2)c(Cl)c1. The van der Waals surface area contributed by atoms with Gasteiger partial charge in [0.2, 0.25) is 0 Å². The van der Waals surface area contributed by atoms with E-state index in [1.165, 1.54) is 31.0 Å². The van der Waals surface area contributed by atoms with Crippen molar-refractivity contribution >= 4 is 155 Å². The Labute approximate surface area is 652 Å². The summed E-state index contributed by atoms with van der Waals surface area (Å²) >= 11 is 38.5. The minimum absolute atomic E-state index is 0.0872. The van der Waals surface area contributed by atoms with E-state index in [2.05, 4.69) is 66.3 Å². The van der Waals surface area contributed by atoms with Crippen molar-refractivity contribution in [2.24, 2.45) is 0 Å². The highest BCUT2D eigenvalue weighted by atomic mass is 35.5. The fourth-order valence-electron chi connectivity index (χ4n) is 11.9. The van der Waals surface area contributed by atoms with Crippen molar-refractivity contribution in [3.8, 4) is 33.8 Å². The summed E-state index contributed by atoms with van der Waals surface area (Å²) in [5, 5.41) is 16.3. The zero-order valence-corrected chi connectivity index (χ0v) is 63.3. The number of halogens is 6. The first-order valence-corrected chi connectivity index (χ1v) is 36.7. The highest BCUT2D eigenvalue weighted by Crippen LogP contribution is 2.35. The minimum Gasteiger partial charge on any atom is -0.351 e. The van der Waals surface area contributed by atoms with Crippen LogP contribution in [-0.2, 0) is 0 Å². The number of carbonyl (C=O) groups excluding carboxylic acids is 6. The van der Waals surface area contributed by atoms with Gasteiger partial charge in [-0.2, -0.15) is 0 Å². The molecule has 0 radical (unpaired) electrons. The molecule has 3 aromatic heterocycles. The fraction of sp³-hybridized carbons (Fsp3) is 0.185. The summed E-state index contributed by atoms with van der Waals surface area (Å²) in [5.74, 6) is -1.75. The maximum Gasteiger partial charge on any atom is 0.257 e. The van der Waals surface area contributed by atoms with Crippen molar-refractivity contribution in [2.75, 3.05) is 103 Å². The summed E-state index contributed by atoms with van der Waals surface area (Å²) in [6.07, 6.45) is 7.38. The Kier molecular flexibility index (Phi) is 25.6. The van der Waals surface area contributed by atoms with E-state index >= 15 is 0 Å². The molecule has 5 heterocycles. The first kappa shape index (κ1) is 77.1. The summed E-state index contributed by atoms with van der Waals surface area (Å²) in [6, 6.07) is 52.1. The third-order valence-electron chi connectivity index (χ3n) is 17.8. The Balaban J connectivity index is 0.000000151. The number of carbonyl (C=O) groups is 6. The molecule has 5 N–H and O–H groups in total. The van der Waals surface area contributed by atoms with E-state index < -0.39 is 17.7 Å². The van der Waals surface area contributed by atoms with E-state index in [9.17, 15) is 28.8 Å². The summed E-state index contributed by atoms with van der Waals surface area (Å²) < 4.78 is 0. The lowest BCUT2D eigenvalue weighted by Gasteiger charge is -2.32. The van der Waals surface area contributed by atoms with Gasteiger partial charge in [-0.15, -0.1) is 0 Å². The Morgan fingerprint density at radius 3 is 1.11 bits per heavy atom. The molecule has 14 rings (SSSR count). The number of piperazine rings is 1. The molecule has 21 nitrogen and oxygen atoms in total. The van der Waals surface area contributed by atoms with E-state index in [0.29, 0.717) is 115 Å². The molecule has 2 aliphatic rings. The van der Waals surface area contributed by atoms with Crippen LogP contribution in [0.1, 0.15) is 75.0 Å². The van der Waals surface area contributed by atoms with Gasteiger partial charge in [-0.05, 0) is 193 Å². The van der Waals surface area contributed by atoms with Crippen molar-refractivity contribution < 1.29 is 28.8 Å². The third kappa shape index (κ3) is 19.6. The van der Waals surface area contributed by atoms with Crippen molar-refractivity contribution in [3.05, 3.63) is 264 Å². The summed E-state index contributed by atoms with van der Waals surface area (Å²) in [7, 11) is 5.88. The Morgan fingerprint density at radius 1 is 0.389 bits per heavy atom. The number of hydrogen-bond donors (Lipinski definition) is 5. The molecule has 0 saturated carbocycles. The Bertz CT molecular complexity index is 5390. The van der Waals surface area contributed by atoms with E-state index in [4.69, 9.17) is 69.6 Å². The zero-order chi connectivity index (χ0) is 76.0.